The molecule has 1 saturated heterocycles. The lowest BCUT2D eigenvalue weighted by molar-refractivity contribution is -0.137. The summed E-state index contributed by atoms with van der Waals surface area (Å²) in [5.74, 6) is -0.259. The molecule has 0 aliphatic carbocycles. The van der Waals surface area contributed by atoms with E-state index < -0.39 is 21.8 Å². The predicted molar refractivity (Wildman–Crippen MR) is 131 cm³/mol. The van der Waals surface area contributed by atoms with Crippen molar-refractivity contribution in [3.8, 4) is 5.75 Å². The SMILES string of the molecule is C=CS(=O)(=O)NCC1CCN(C(=O)c2ccc(CC(=O)NCc3ccc(C(F)(F)F)cc3)c(OC)c2)C1. The number of carbonyl (C=O) groups excluding carboxylic acids is 2. The number of halogens is 3. The Morgan fingerprint density at radius 1 is 1.19 bits per heavy atom. The summed E-state index contributed by atoms with van der Waals surface area (Å²) in [4.78, 5) is 27.0. The van der Waals surface area contributed by atoms with Gasteiger partial charge in [0.15, 0.2) is 0 Å². The van der Waals surface area contributed by atoms with Gasteiger partial charge in [0.2, 0.25) is 15.9 Å². The molecule has 0 bridgehead atoms. The highest BCUT2D eigenvalue weighted by Crippen LogP contribution is 2.29. The number of likely N-dealkylation sites (tertiary alicyclic amines) is 1. The van der Waals surface area contributed by atoms with Crippen molar-refractivity contribution in [1.82, 2.24) is 14.9 Å². The Labute approximate surface area is 213 Å². The second-order valence-electron chi connectivity index (χ2n) is 8.64. The molecule has 2 aromatic carbocycles. The van der Waals surface area contributed by atoms with E-state index in [1.54, 1.807) is 23.1 Å². The molecule has 0 radical (unpaired) electrons. The molecular formula is C25H28F3N3O5S. The number of hydrogen-bond donors (Lipinski definition) is 2. The summed E-state index contributed by atoms with van der Waals surface area (Å²) in [5, 5.41) is 3.51. The Bertz CT molecular complexity index is 1250. The number of sulfonamides is 1. The number of ether oxygens (including phenoxy) is 1. The van der Waals surface area contributed by atoms with Crippen molar-refractivity contribution in [1.29, 1.82) is 0 Å². The van der Waals surface area contributed by atoms with Crippen LogP contribution in [0, 0.1) is 5.92 Å². The molecule has 1 unspecified atom stereocenters. The fraction of sp³-hybridized carbons (Fsp3) is 0.360. The van der Waals surface area contributed by atoms with Gasteiger partial charge in [0.25, 0.3) is 5.91 Å². The number of nitrogens with one attached hydrogen (secondary N) is 2. The summed E-state index contributed by atoms with van der Waals surface area (Å²) >= 11 is 0. The molecule has 37 heavy (non-hydrogen) atoms. The quantitative estimate of drug-likeness (QED) is 0.483. The summed E-state index contributed by atoms with van der Waals surface area (Å²) in [5.41, 5.74) is 0.680. The molecule has 1 heterocycles. The number of hydrogen-bond acceptors (Lipinski definition) is 5. The van der Waals surface area contributed by atoms with Crippen molar-refractivity contribution in [2.75, 3.05) is 26.7 Å². The van der Waals surface area contributed by atoms with Gasteiger partial charge >= 0.3 is 6.18 Å². The third-order valence-corrected chi connectivity index (χ3v) is 7.03. The first-order valence-electron chi connectivity index (χ1n) is 11.4. The lowest BCUT2D eigenvalue weighted by Gasteiger charge is -2.18. The number of carbonyl (C=O) groups is 2. The largest absolute Gasteiger partial charge is 0.496 e. The Balaban J connectivity index is 1.56. The molecule has 2 aromatic rings. The van der Waals surface area contributed by atoms with Crippen molar-refractivity contribution in [2.45, 2.75) is 25.6 Å². The average Bonchev–Trinajstić information content (AvgIpc) is 3.35. The fourth-order valence-electron chi connectivity index (χ4n) is 3.93. The van der Waals surface area contributed by atoms with Gasteiger partial charge in [-0.3, -0.25) is 9.59 Å². The van der Waals surface area contributed by atoms with Crippen molar-refractivity contribution in [3.05, 3.63) is 76.7 Å². The van der Waals surface area contributed by atoms with E-state index in [0.717, 1.165) is 17.5 Å². The molecule has 0 spiro atoms. The van der Waals surface area contributed by atoms with Crippen LogP contribution in [0.4, 0.5) is 13.2 Å². The molecule has 0 saturated carbocycles. The molecule has 2 amide bonds. The highest BCUT2D eigenvalue weighted by atomic mass is 32.2. The van der Waals surface area contributed by atoms with E-state index in [9.17, 15) is 31.2 Å². The van der Waals surface area contributed by atoms with E-state index in [1.165, 1.54) is 19.2 Å². The van der Waals surface area contributed by atoms with E-state index in [0.29, 0.717) is 42.0 Å². The first-order valence-corrected chi connectivity index (χ1v) is 13.0. The van der Waals surface area contributed by atoms with E-state index in [1.807, 2.05) is 0 Å². The van der Waals surface area contributed by atoms with Gasteiger partial charge in [0.1, 0.15) is 5.75 Å². The third kappa shape index (κ3) is 7.80. The maximum Gasteiger partial charge on any atom is 0.416 e. The maximum absolute atomic E-state index is 13.0. The molecule has 0 aromatic heterocycles. The second-order valence-corrected chi connectivity index (χ2v) is 10.4. The minimum Gasteiger partial charge on any atom is -0.496 e. The zero-order valence-electron chi connectivity index (χ0n) is 20.2. The topological polar surface area (TPSA) is 105 Å². The van der Waals surface area contributed by atoms with Crippen LogP contribution in [0.25, 0.3) is 0 Å². The molecule has 3 rings (SSSR count). The standard InChI is InChI=1S/C25H28F3N3O5S/c1-3-37(34,35)30-15-18-10-11-31(16-18)24(33)20-7-6-19(22(12-20)36-2)13-23(32)29-14-17-4-8-21(9-5-17)25(26,27)28/h3-9,12,18,30H,1,10-11,13-16H2,2H3,(H,29,32). The van der Waals surface area contributed by atoms with Gasteiger partial charge in [0, 0.05) is 42.7 Å². The van der Waals surface area contributed by atoms with Gasteiger partial charge in [-0.2, -0.15) is 13.2 Å². The zero-order valence-corrected chi connectivity index (χ0v) is 21.0. The van der Waals surface area contributed by atoms with Gasteiger partial charge in [-0.05, 0) is 42.2 Å². The first kappa shape index (κ1) is 28.2. The van der Waals surface area contributed by atoms with Crippen molar-refractivity contribution < 1.29 is 35.9 Å². The van der Waals surface area contributed by atoms with Crippen molar-refractivity contribution in [2.24, 2.45) is 5.92 Å². The summed E-state index contributed by atoms with van der Waals surface area (Å²) in [6, 6.07) is 9.30. The van der Waals surface area contributed by atoms with Crippen LogP contribution >= 0.6 is 0 Å². The number of rotatable bonds is 10. The molecule has 1 atom stereocenters. The Hall–Kier alpha value is -3.38. The normalized spacial score (nSPS) is 15.9. The lowest BCUT2D eigenvalue weighted by atomic mass is 10.1. The number of alkyl halides is 3. The molecule has 1 fully saturated rings. The van der Waals surface area contributed by atoms with Crippen LogP contribution in [-0.2, 0) is 34.0 Å². The number of amides is 2. The summed E-state index contributed by atoms with van der Waals surface area (Å²) in [7, 11) is -2.11. The van der Waals surface area contributed by atoms with E-state index in [4.69, 9.17) is 4.74 Å². The van der Waals surface area contributed by atoms with E-state index in [-0.39, 0.29) is 37.2 Å². The van der Waals surface area contributed by atoms with E-state index >= 15 is 0 Å². The Morgan fingerprint density at radius 3 is 2.51 bits per heavy atom. The van der Waals surface area contributed by atoms with Crippen LogP contribution in [-0.4, -0.2) is 51.9 Å². The molecule has 1 aliphatic heterocycles. The number of nitrogens with zero attached hydrogens (tertiary/aromatic N) is 1. The average molecular weight is 540 g/mol. The predicted octanol–water partition coefficient (Wildman–Crippen LogP) is 3.10. The summed E-state index contributed by atoms with van der Waals surface area (Å²) in [6.07, 6.45) is -3.82. The van der Waals surface area contributed by atoms with E-state index in [2.05, 4.69) is 16.6 Å². The molecular weight excluding hydrogens is 511 g/mol. The third-order valence-electron chi connectivity index (χ3n) is 6.02. The van der Waals surface area contributed by atoms with Crippen LogP contribution in [0.1, 0.15) is 33.5 Å². The highest BCUT2D eigenvalue weighted by Gasteiger charge is 2.30. The monoisotopic (exact) mass is 539 g/mol. The number of benzene rings is 2. The molecule has 2 N–H and O–H groups in total. The van der Waals surface area contributed by atoms with Crippen LogP contribution in [0.3, 0.4) is 0 Å². The van der Waals surface area contributed by atoms with Crippen molar-refractivity contribution >= 4 is 21.8 Å². The van der Waals surface area contributed by atoms with Crippen LogP contribution < -0.4 is 14.8 Å². The maximum atomic E-state index is 13.0. The minimum absolute atomic E-state index is 0.0202. The fourth-order valence-corrected chi connectivity index (χ4v) is 4.52. The van der Waals surface area contributed by atoms with Gasteiger partial charge in [-0.25, -0.2) is 13.1 Å². The first-order chi connectivity index (χ1) is 17.4. The zero-order chi connectivity index (χ0) is 27.2. The second kappa shape index (κ2) is 11.8. The Morgan fingerprint density at radius 2 is 1.89 bits per heavy atom. The van der Waals surface area contributed by atoms with Crippen LogP contribution in [0.15, 0.2) is 54.5 Å². The van der Waals surface area contributed by atoms with Gasteiger partial charge in [-0.15, -0.1) is 0 Å². The highest BCUT2D eigenvalue weighted by molar-refractivity contribution is 7.92. The molecule has 8 nitrogen and oxygen atoms in total. The van der Waals surface area contributed by atoms with Crippen LogP contribution in [0.2, 0.25) is 0 Å². The molecule has 1 aliphatic rings. The minimum atomic E-state index is -4.42. The lowest BCUT2D eigenvalue weighted by Crippen LogP contribution is -2.32. The Kier molecular flexibility index (Phi) is 8.98. The van der Waals surface area contributed by atoms with Crippen LogP contribution in [0.5, 0.6) is 5.75 Å². The number of methoxy groups -OCH3 is 1. The van der Waals surface area contributed by atoms with Gasteiger partial charge < -0.3 is 15.0 Å². The van der Waals surface area contributed by atoms with Gasteiger partial charge in [0.05, 0.1) is 19.1 Å². The molecule has 200 valence electrons. The smallest absolute Gasteiger partial charge is 0.416 e. The summed E-state index contributed by atoms with van der Waals surface area (Å²) in [6.45, 7) is 4.40. The molecule has 12 heteroatoms. The van der Waals surface area contributed by atoms with Crippen molar-refractivity contribution in [3.63, 3.8) is 0 Å². The van der Waals surface area contributed by atoms with Gasteiger partial charge in [-0.1, -0.05) is 24.8 Å². The summed E-state index contributed by atoms with van der Waals surface area (Å²) < 4.78 is 68.9.